The first-order chi connectivity index (χ1) is 27.5. The minimum atomic E-state index is -1.50. The van der Waals surface area contributed by atoms with Crippen LogP contribution in [-0.4, -0.2) is 82.4 Å². The van der Waals surface area contributed by atoms with Gasteiger partial charge in [0.1, 0.15) is 24.5 Å². The third-order valence-electron chi connectivity index (χ3n) is 9.38. The molecular weight excluding hydrogens is 755 g/mol. The van der Waals surface area contributed by atoms with E-state index in [-0.39, 0.29) is 36.1 Å². The Morgan fingerprint density at radius 1 is 0.610 bits per heavy atom. The minimum absolute atomic E-state index is 0.0317. The minimum Gasteiger partial charge on any atom is -0.465 e. The van der Waals surface area contributed by atoms with E-state index in [0.717, 1.165) is 39.3 Å². The Labute approximate surface area is 345 Å². The van der Waals surface area contributed by atoms with Crippen LogP contribution in [0.3, 0.4) is 0 Å². The first-order valence-corrected chi connectivity index (χ1v) is 19.2. The summed E-state index contributed by atoms with van der Waals surface area (Å²) in [6.45, 7) is 18.4. The molecule has 0 heterocycles. The number of carboxylic acid groups (broad SMARTS) is 2. The van der Waals surface area contributed by atoms with Crippen molar-refractivity contribution in [1.29, 1.82) is 0 Å². The topological polar surface area (TPSA) is 219 Å². The highest BCUT2D eigenvalue weighted by atomic mass is 16.4. The summed E-state index contributed by atoms with van der Waals surface area (Å²) in [6.07, 6.45) is -2.99. The Morgan fingerprint density at radius 2 is 0.983 bits per heavy atom. The van der Waals surface area contributed by atoms with Crippen molar-refractivity contribution in [3.8, 4) is 0 Å². The summed E-state index contributed by atoms with van der Waals surface area (Å²) in [4.78, 5) is 83.4. The zero-order valence-corrected chi connectivity index (χ0v) is 35.5. The normalized spacial score (nSPS) is 13.1. The summed E-state index contributed by atoms with van der Waals surface area (Å²) in [6, 6.07) is 20.5. The zero-order valence-electron chi connectivity index (χ0n) is 35.5. The molecule has 0 radical (unpaired) electrons. The standard InChI is InChI=1S/C44H57N7O8/c1-26-12-11-13-34(27(26)2)51(24-30-14-18-32(19-15-30)47-28(3)35(52)22-45-37(43(5,6)7)39(54)49-41(56)57)25-31-16-20-33(21-17-31)48-29(4)36(53)23-46-38(44(8,9)10)40(55)50-42(58)59/h11-21,28-29,47-48H,22-25H2,1-10H3,(H,49,54)(H,50,55)(H,56,57)(H,58,59)/t28-,29?/m0/s1. The van der Waals surface area contributed by atoms with Crippen LogP contribution in [0.25, 0.3) is 0 Å². The van der Waals surface area contributed by atoms with Gasteiger partial charge in [0.05, 0.1) is 12.1 Å². The van der Waals surface area contributed by atoms with Gasteiger partial charge in [0.15, 0.2) is 11.6 Å². The molecule has 1 unspecified atom stereocenters. The van der Waals surface area contributed by atoms with E-state index in [1.54, 1.807) is 66.0 Å². The fourth-order valence-electron chi connectivity index (χ4n) is 6.02. The van der Waals surface area contributed by atoms with E-state index < -0.39 is 46.9 Å². The van der Waals surface area contributed by atoms with E-state index in [1.165, 1.54) is 0 Å². The molecule has 0 saturated heterocycles. The lowest BCUT2D eigenvalue weighted by atomic mass is 9.89. The molecule has 3 rings (SSSR count). The number of hydrogen-bond donors (Lipinski definition) is 6. The number of Topliss-reactive ketones (excluding diaryl/α,β-unsaturated/α-hetero) is 2. The van der Waals surface area contributed by atoms with Crippen molar-refractivity contribution in [2.75, 3.05) is 28.6 Å². The van der Waals surface area contributed by atoms with Crippen molar-refractivity contribution in [1.82, 2.24) is 10.6 Å². The van der Waals surface area contributed by atoms with Crippen molar-refractivity contribution in [2.24, 2.45) is 20.8 Å². The highest BCUT2D eigenvalue weighted by Crippen LogP contribution is 2.27. The second kappa shape index (κ2) is 20.4. The van der Waals surface area contributed by atoms with Gasteiger partial charge in [-0.05, 0) is 80.3 Å². The third-order valence-corrected chi connectivity index (χ3v) is 9.38. The van der Waals surface area contributed by atoms with E-state index in [4.69, 9.17) is 10.2 Å². The maximum Gasteiger partial charge on any atom is 0.411 e. The fraction of sp³-hybridized carbons (Fsp3) is 0.409. The Morgan fingerprint density at radius 3 is 1.32 bits per heavy atom. The van der Waals surface area contributed by atoms with E-state index in [0.29, 0.717) is 13.1 Å². The van der Waals surface area contributed by atoms with Crippen molar-refractivity contribution < 1.29 is 39.0 Å². The number of carbonyl (C=O) groups excluding carboxylic acids is 4. The van der Waals surface area contributed by atoms with Crippen LogP contribution in [-0.2, 0) is 32.3 Å². The predicted molar refractivity (Wildman–Crippen MR) is 231 cm³/mol. The summed E-state index contributed by atoms with van der Waals surface area (Å²) in [7, 11) is 0. The highest BCUT2D eigenvalue weighted by Gasteiger charge is 2.29. The zero-order chi connectivity index (χ0) is 44.2. The van der Waals surface area contributed by atoms with Gasteiger partial charge in [-0.1, -0.05) is 77.9 Å². The number of hydrogen-bond acceptors (Lipinski definition) is 11. The molecule has 0 saturated carbocycles. The average Bonchev–Trinajstić information content (AvgIpc) is 3.12. The van der Waals surface area contributed by atoms with Crippen molar-refractivity contribution >= 4 is 64.1 Å². The Kier molecular flexibility index (Phi) is 16.2. The summed E-state index contributed by atoms with van der Waals surface area (Å²) in [5.41, 5.74) is 5.27. The molecule has 15 nitrogen and oxygen atoms in total. The molecule has 2 atom stereocenters. The van der Waals surface area contributed by atoms with E-state index in [9.17, 15) is 28.8 Å². The van der Waals surface area contributed by atoms with Crippen LogP contribution in [0.5, 0.6) is 0 Å². The predicted octanol–water partition coefficient (Wildman–Crippen LogP) is 6.81. The van der Waals surface area contributed by atoms with Crippen LogP contribution < -0.4 is 26.2 Å². The summed E-state index contributed by atoms with van der Waals surface area (Å²) in [5.74, 6) is -2.26. The van der Waals surface area contributed by atoms with Gasteiger partial charge >= 0.3 is 12.2 Å². The molecular formula is C44H57N7O8. The number of rotatable bonds is 17. The van der Waals surface area contributed by atoms with Gasteiger partial charge in [-0.3, -0.25) is 39.8 Å². The molecule has 0 spiro atoms. The first kappa shape index (κ1) is 47.0. The molecule has 15 heteroatoms. The van der Waals surface area contributed by atoms with Crippen molar-refractivity contribution in [3.63, 3.8) is 0 Å². The first-order valence-electron chi connectivity index (χ1n) is 19.2. The molecule has 316 valence electrons. The van der Waals surface area contributed by atoms with Crippen LogP contribution >= 0.6 is 0 Å². The second-order valence-corrected chi connectivity index (χ2v) is 16.5. The highest BCUT2D eigenvalue weighted by molar-refractivity contribution is 6.43. The van der Waals surface area contributed by atoms with Crippen LogP contribution in [0.2, 0.25) is 0 Å². The van der Waals surface area contributed by atoms with Crippen LogP contribution in [0, 0.1) is 24.7 Å². The Hall–Kier alpha value is -6.38. The number of carbonyl (C=O) groups is 6. The summed E-state index contributed by atoms with van der Waals surface area (Å²) >= 11 is 0. The number of anilines is 3. The maximum atomic E-state index is 13.0. The summed E-state index contributed by atoms with van der Waals surface area (Å²) in [5, 5.41) is 27.9. The molecule has 59 heavy (non-hydrogen) atoms. The summed E-state index contributed by atoms with van der Waals surface area (Å²) < 4.78 is 0. The monoisotopic (exact) mass is 811 g/mol. The SMILES string of the molecule is Cc1cccc(N(Cc2ccc(NC(C)C(=O)CN=C(C(=O)NC(=O)O)C(C)(C)C)cc2)Cc2ccc(N[C@@H](C)C(=O)CN=C(C(=O)NC(=O)O)C(C)(C)C)cc2)c1C. The number of nitrogens with zero attached hydrogens (tertiary/aromatic N) is 3. The molecule has 4 amide bonds. The van der Waals surface area contributed by atoms with Gasteiger partial charge in [-0.15, -0.1) is 0 Å². The van der Waals surface area contributed by atoms with Crippen LogP contribution in [0.15, 0.2) is 76.7 Å². The van der Waals surface area contributed by atoms with E-state index in [1.807, 2.05) is 54.6 Å². The van der Waals surface area contributed by atoms with E-state index in [2.05, 4.69) is 51.5 Å². The molecule has 3 aromatic carbocycles. The largest absolute Gasteiger partial charge is 0.465 e. The van der Waals surface area contributed by atoms with Gasteiger partial charge in [0.2, 0.25) is 0 Å². The molecule has 3 aromatic rings. The van der Waals surface area contributed by atoms with Crippen molar-refractivity contribution in [3.05, 3.63) is 89.0 Å². The van der Waals surface area contributed by atoms with Gasteiger partial charge in [-0.2, -0.15) is 0 Å². The number of aliphatic imine (C=N–C) groups is 2. The second-order valence-electron chi connectivity index (χ2n) is 16.5. The van der Waals surface area contributed by atoms with Gasteiger partial charge < -0.3 is 25.7 Å². The van der Waals surface area contributed by atoms with Gasteiger partial charge in [0.25, 0.3) is 11.8 Å². The number of nitrogens with one attached hydrogen (secondary N) is 4. The Bertz CT molecular complexity index is 1960. The molecule has 0 aliphatic rings. The molecule has 0 aliphatic carbocycles. The number of benzene rings is 3. The molecule has 0 fully saturated rings. The van der Waals surface area contributed by atoms with Gasteiger partial charge in [-0.25, -0.2) is 9.59 Å². The fourth-order valence-corrected chi connectivity index (χ4v) is 6.02. The average molecular weight is 812 g/mol. The number of aryl methyl sites for hydroxylation is 1. The number of amides is 4. The number of imide groups is 2. The lowest BCUT2D eigenvalue weighted by Gasteiger charge is -2.28. The number of ketones is 2. The molecule has 0 bridgehead atoms. The third kappa shape index (κ3) is 14.5. The van der Waals surface area contributed by atoms with E-state index >= 15 is 0 Å². The molecule has 6 N–H and O–H groups in total. The van der Waals surface area contributed by atoms with Gasteiger partial charge in [0, 0.05) is 41.0 Å². The smallest absolute Gasteiger partial charge is 0.411 e. The maximum absolute atomic E-state index is 13.0. The molecule has 0 aliphatic heterocycles. The molecule has 0 aromatic heterocycles. The Balaban J connectivity index is 1.71. The lowest BCUT2D eigenvalue weighted by molar-refractivity contribution is -0.119. The lowest BCUT2D eigenvalue weighted by Crippen LogP contribution is -2.41. The van der Waals surface area contributed by atoms with Crippen LogP contribution in [0.4, 0.5) is 26.7 Å². The van der Waals surface area contributed by atoms with Crippen molar-refractivity contribution in [2.45, 2.75) is 94.4 Å². The quantitative estimate of drug-likeness (QED) is 0.0778. The van der Waals surface area contributed by atoms with Crippen LogP contribution in [0.1, 0.15) is 77.6 Å².